The number of ketones is 1. The van der Waals surface area contributed by atoms with Gasteiger partial charge >= 0.3 is 0 Å². The van der Waals surface area contributed by atoms with E-state index < -0.39 is 15.8 Å². The van der Waals surface area contributed by atoms with Crippen LogP contribution >= 0.6 is 0 Å². The maximum absolute atomic E-state index is 13.5. The predicted octanol–water partition coefficient (Wildman–Crippen LogP) is 4.13. The van der Waals surface area contributed by atoms with Crippen LogP contribution in [0.4, 0.5) is 0 Å². The van der Waals surface area contributed by atoms with Crippen molar-refractivity contribution in [3.8, 4) is 11.5 Å². The summed E-state index contributed by atoms with van der Waals surface area (Å²) >= 11 is 0. The lowest BCUT2D eigenvalue weighted by Gasteiger charge is -2.12. The van der Waals surface area contributed by atoms with Crippen LogP contribution in [0.25, 0.3) is 10.9 Å². The Bertz CT molecular complexity index is 1320. The van der Waals surface area contributed by atoms with Gasteiger partial charge in [-0.05, 0) is 36.4 Å². The second-order valence-electron chi connectivity index (χ2n) is 6.60. The van der Waals surface area contributed by atoms with Gasteiger partial charge in [-0.3, -0.25) is 4.79 Å². The molecule has 0 atom stereocenters. The van der Waals surface area contributed by atoms with Crippen molar-refractivity contribution in [1.29, 1.82) is 0 Å². The SMILES string of the molecule is COc1cc(OC)cc(C(=O)c2cc3ccccc3n2S(=O)(=O)c2ccccc2)c1. The van der Waals surface area contributed by atoms with Crippen molar-refractivity contribution in [2.75, 3.05) is 14.2 Å². The maximum Gasteiger partial charge on any atom is 0.268 e. The molecule has 0 aliphatic rings. The van der Waals surface area contributed by atoms with Crippen LogP contribution in [0.5, 0.6) is 11.5 Å². The molecule has 1 heterocycles. The topological polar surface area (TPSA) is 74.6 Å². The van der Waals surface area contributed by atoms with E-state index in [1.807, 2.05) is 0 Å². The lowest BCUT2D eigenvalue weighted by Crippen LogP contribution is -2.19. The summed E-state index contributed by atoms with van der Waals surface area (Å²) < 4.78 is 38.6. The summed E-state index contributed by atoms with van der Waals surface area (Å²) in [4.78, 5) is 13.6. The van der Waals surface area contributed by atoms with E-state index in [4.69, 9.17) is 9.47 Å². The molecule has 0 amide bonds. The molecule has 0 unspecified atom stereocenters. The van der Waals surface area contributed by atoms with Crippen LogP contribution in [-0.4, -0.2) is 32.4 Å². The molecule has 0 bridgehead atoms. The summed E-state index contributed by atoms with van der Waals surface area (Å²) in [5.41, 5.74) is 0.730. The number of aromatic nitrogens is 1. The average molecular weight is 421 g/mol. The summed E-state index contributed by atoms with van der Waals surface area (Å²) in [6.45, 7) is 0. The molecule has 4 aromatic rings. The molecule has 0 saturated carbocycles. The van der Waals surface area contributed by atoms with E-state index in [1.54, 1.807) is 66.7 Å². The molecule has 0 fully saturated rings. The van der Waals surface area contributed by atoms with Crippen molar-refractivity contribution in [1.82, 2.24) is 3.97 Å². The highest BCUT2D eigenvalue weighted by molar-refractivity contribution is 7.90. The minimum Gasteiger partial charge on any atom is -0.497 e. The third kappa shape index (κ3) is 3.33. The maximum atomic E-state index is 13.5. The van der Waals surface area contributed by atoms with Gasteiger partial charge in [0, 0.05) is 17.0 Å². The summed E-state index contributed by atoms with van der Waals surface area (Å²) in [7, 11) is -1.03. The number of nitrogens with zero attached hydrogens (tertiary/aromatic N) is 1. The highest BCUT2D eigenvalue weighted by Gasteiger charge is 2.27. The van der Waals surface area contributed by atoms with Crippen LogP contribution in [0, 0.1) is 0 Å². The number of hydrogen-bond donors (Lipinski definition) is 0. The lowest BCUT2D eigenvalue weighted by molar-refractivity contribution is 0.103. The Hall–Kier alpha value is -3.58. The first-order valence-corrected chi connectivity index (χ1v) is 10.6. The second kappa shape index (κ2) is 7.68. The van der Waals surface area contributed by atoms with E-state index in [0.717, 1.165) is 3.97 Å². The monoisotopic (exact) mass is 421 g/mol. The molecular weight excluding hydrogens is 402 g/mol. The van der Waals surface area contributed by atoms with Crippen molar-refractivity contribution in [2.45, 2.75) is 4.90 Å². The first kappa shape index (κ1) is 19.7. The Morgan fingerprint density at radius 1 is 0.800 bits per heavy atom. The molecule has 6 nitrogen and oxygen atoms in total. The van der Waals surface area contributed by atoms with Crippen molar-refractivity contribution in [3.05, 3.63) is 90.1 Å². The van der Waals surface area contributed by atoms with Gasteiger partial charge in [0.2, 0.25) is 5.78 Å². The number of ether oxygens (including phenoxy) is 2. The minimum atomic E-state index is -4.00. The summed E-state index contributed by atoms with van der Waals surface area (Å²) in [6, 6.07) is 21.4. The van der Waals surface area contributed by atoms with Gasteiger partial charge in [0.05, 0.1) is 24.6 Å². The molecule has 0 spiro atoms. The van der Waals surface area contributed by atoms with Crippen LogP contribution in [0.3, 0.4) is 0 Å². The van der Waals surface area contributed by atoms with E-state index in [2.05, 4.69) is 0 Å². The number of para-hydroxylation sites is 1. The van der Waals surface area contributed by atoms with E-state index >= 15 is 0 Å². The summed E-state index contributed by atoms with van der Waals surface area (Å²) in [5, 5.41) is 0.648. The molecule has 1 aromatic heterocycles. The van der Waals surface area contributed by atoms with Crippen LogP contribution < -0.4 is 9.47 Å². The molecule has 0 N–H and O–H groups in total. The fourth-order valence-electron chi connectivity index (χ4n) is 3.33. The summed E-state index contributed by atoms with van der Waals surface area (Å²) in [5.74, 6) is 0.417. The molecule has 0 saturated heterocycles. The molecule has 0 aliphatic carbocycles. The van der Waals surface area contributed by atoms with Crippen LogP contribution in [0.2, 0.25) is 0 Å². The Balaban J connectivity index is 1.97. The highest BCUT2D eigenvalue weighted by atomic mass is 32.2. The number of hydrogen-bond acceptors (Lipinski definition) is 5. The zero-order valence-electron chi connectivity index (χ0n) is 16.4. The molecular formula is C23H19NO5S. The van der Waals surface area contributed by atoms with Gasteiger partial charge in [-0.1, -0.05) is 36.4 Å². The van der Waals surface area contributed by atoms with Gasteiger partial charge in [-0.15, -0.1) is 0 Å². The van der Waals surface area contributed by atoms with Crippen molar-refractivity contribution in [3.63, 3.8) is 0 Å². The van der Waals surface area contributed by atoms with Crippen molar-refractivity contribution in [2.24, 2.45) is 0 Å². The van der Waals surface area contributed by atoms with Crippen LogP contribution in [-0.2, 0) is 10.0 Å². The molecule has 3 aromatic carbocycles. The third-order valence-electron chi connectivity index (χ3n) is 4.79. The average Bonchev–Trinajstić information content (AvgIpc) is 3.19. The normalized spacial score (nSPS) is 11.4. The molecule has 7 heteroatoms. The third-order valence-corrected chi connectivity index (χ3v) is 6.54. The molecule has 30 heavy (non-hydrogen) atoms. The molecule has 0 aliphatic heterocycles. The number of methoxy groups -OCH3 is 2. The first-order chi connectivity index (χ1) is 14.5. The Morgan fingerprint density at radius 3 is 2.03 bits per heavy atom. The Labute approximate surface area is 174 Å². The van der Waals surface area contributed by atoms with Crippen molar-refractivity contribution < 1.29 is 22.7 Å². The van der Waals surface area contributed by atoms with E-state index in [0.29, 0.717) is 22.4 Å². The largest absolute Gasteiger partial charge is 0.497 e. The van der Waals surface area contributed by atoms with E-state index in [-0.39, 0.29) is 16.2 Å². The van der Waals surface area contributed by atoms with Gasteiger partial charge < -0.3 is 9.47 Å². The number of rotatable bonds is 6. The predicted molar refractivity (Wildman–Crippen MR) is 114 cm³/mol. The Kier molecular flexibility index (Phi) is 5.05. The zero-order chi connectivity index (χ0) is 21.3. The number of carbonyl (C=O) groups excluding carboxylic acids is 1. The second-order valence-corrected chi connectivity index (χ2v) is 8.39. The molecule has 0 radical (unpaired) electrons. The smallest absolute Gasteiger partial charge is 0.268 e. The lowest BCUT2D eigenvalue weighted by atomic mass is 10.1. The van der Waals surface area contributed by atoms with E-state index in [1.165, 1.54) is 26.4 Å². The Morgan fingerprint density at radius 2 is 1.40 bits per heavy atom. The van der Waals surface area contributed by atoms with Gasteiger partial charge in [0.15, 0.2) is 0 Å². The quantitative estimate of drug-likeness (QED) is 0.438. The fourth-order valence-corrected chi connectivity index (χ4v) is 4.86. The van der Waals surface area contributed by atoms with Gasteiger partial charge in [-0.25, -0.2) is 12.4 Å². The van der Waals surface area contributed by atoms with Gasteiger partial charge in [0.1, 0.15) is 17.2 Å². The minimum absolute atomic E-state index is 0.0374. The van der Waals surface area contributed by atoms with E-state index in [9.17, 15) is 13.2 Å². The van der Waals surface area contributed by atoms with Crippen LogP contribution in [0.1, 0.15) is 16.1 Å². The van der Waals surface area contributed by atoms with Gasteiger partial charge in [-0.2, -0.15) is 0 Å². The molecule has 4 rings (SSSR count). The fraction of sp³-hybridized carbons (Fsp3) is 0.0870. The van der Waals surface area contributed by atoms with Crippen molar-refractivity contribution >= 4 is 26.7 Å². The van der Waals surface area contributed by atoms with Crippen LogP contribution in [0.15, 0.2) is 83.8 Å². The number of fused-ring (bicyclic) bond motifs is 1. The molecule has 152 valence electrons. The standard InChI is InChI=1S/C23H19NO5S/c1-28-18-12-17(13-19(15-18)29-2)23(25)22-14-16-8-6-7-11-21(16)24(22)30(26,27)20-9-4-3-5-10-20/h3-15H,1-2H3. The van der Waals surface area contributed by atoms with Gasteiger partial charge in [0.25, 0.3) is 10.0 Å². The number of benzene rings is 3. The first-order valence-electron chi connectivity index (χ1n) is 9.14. The number of carbonyl (C=O) groups is 1. The highest BCUT2D eigenvalue weighted by Crippen LogP contribution is 2.29. The zero-order valence-corrected chi connectivity index (χ0v) is 17.2. The summed E-state index contributed by atoms with van der Waals surface area (Å²) in [6.07, 6.45) is 0.